The first kappa shape index (κ1) is 21.9. The average molecular weight is 433 g/mol. The lowest BCUT2D eigenvalue weighted by Gasteiger charge is -2.12. The van der Waals surface area contributed by atoms with Gasteiger partial charge in [-0.25, -0.2) is 0 Å². The van der Waals surface area contributed by atoms with Gasteiger partial charge in [-0.3, -0.25) is 4.99 Å². The fourth-order valence-corrected chi connectivity index (χ4v) is 2.78. The molecule has 0 spiro atoms. The number of halogens is 5. The summed E-state index contributed by atoms with van der Waals surface area (Å²) in [6.07, 6.45) is -3.88. The van der Waals surface area contributed by atoms with Crippen molar-refractivity contribution in [3.8, 4) is 0 Å². The summed E-state index contributed by atoms with van der Waals surface area (Å²) in [6, 6.07) is 7.42. The van der Waals surface area contributed by atoms with Gasteiger partial charge in [0, 0.05) is 38.7 Å². The molecule has 0 bridgehead atoms. The first-order valence-corrected chi connectivity index (χ1v) is 8.51. The molecule has 0 amide bonds. The van der Waals surface area contributed by atoms with Crippen LogP contribution in [0.1, 0.15) is 17.2 Å². The highest BCUT2D eigenvalue weighted by molar-refractivity contribution is 6.31. The zero-order valence-corrected chi connectivity index (χ0v) is 15.9. The number of alkyl halides is 3. The monoisotopic (exact) mass is 432 g/mol. The Kier molecular flexibility index (Phi) is 6.82. The van der Waals surface area contributed by atoms with E-state index in [4.69, 9.17) is 28.9 Å². The molecule has 5 nitrogen and oxygen atoms in total. The average Bonchev–Trinajstić information content (AvgIpc) is 2.61. The summed E-state index contributed by atoms with van der Waals surface area (Å²) in [5, 5.41) is 10.4. The highest BCUT2D eigenvalue weighted by Gasteiger charge is 2.33. The molecule has 0 aliphatic heterocycles. The third-order valence-corrected chi connectivity index (χ3v) is 4.31. The summed E-state index contributed by atoms with van der Waals surface area (Å²) in [6.45, 7) is 0. The molecule has 1 atom stereocenters. The Morgan fingerprint density at radius 2 is 1.93 bits per heavy atom. The Labute approximate surface area is 168 Å². The minimum Gasteiger partial charge on any atom is -0.404 e. The van der Waals surface area contributed by atoms with Crippen LogP contribution in [-0.4, -0.2) is 23.1 Å². The molecule has 10 heteroatoms. The van der Waals surface area contributed by atoms with E-state index in [-0.39, 0.29) is 27.5 Å². The van der Waals surface area contributed by atoms with Crippen molar-refractivity contribution in [2.45, 2.75) is 12.3 Å². The van der Waals surface area contributed by atoms with Gasteiger partial charge < -0.3 is 10.8 Å². The molecule has 0 fully saturated rings. The Morgan fingerprint density at radius 3 is 2.50 bits per heavy atom. The van der Waals surface area contributed by atoms with Crippen LogP contribution in [0.2, 0.25) is 10.0 Å². The van der Waals surface area contributed by atoms with Gasteiger partial charge in [-0.15, -0.1) is 0 Å². The smallest absolute Gasteiger partial charge is 0.404 e. The van der Waals surface area contributed by atoms with Crippen molar-refractivity contribution in [1.82, 2.24) is 0 Å². The third kappa shape index (κ3) is 5.09. The number of aliphatic imine (C=N–C) groups is 1. The van der Waals surface area contributed by atoms with Gasteiger partial charge in [0.05, 0.1) is 21.8 Å². The second-order valence-electron chi connectivity index (χ2n) is 5.69. The molecular formula is C18H15Cl2F3N3O2+. The zero-order valence-electron chi connectivity index (χ0n) is 14.4. The van der Waals surface area contributed by atoms with E-state index in [0.717, 1.165) is 24.5 Å². The van der Waals surface area contributed by atoms with E-state index < -0.39 is 22.9 Å². The fraction of sp³-hybridized carbons (Fsp3) is 0.167. The summed E-state index contributed by atoms with van der Waals surface area (Å²) < 4.78 is 39.4. The molecule has 0 saturated carbocycles. The summed E-state index contributed by atoms with van der Waals surface area (Å²) in [4.78, 5) is 15.6. The molecule has 148 valence electrons. The standard InChI is InChI=1S/C18H15Cl2F3N3O2/c1-26(28)16-5-2-11(19)6-13(16)17(27)10(8-24)9-25-12-3-4-15(20)14(7-12)18(21,22)23/h2-9,17,27H,24H2,1H3/q+1. The van der Waals surface area contributed by atoms with Gasteiger partial charge in [-0.2, -0.15) is 13.2 Å². The van der Waals surface area contributed by atoms with Crippen LogP contribution >= 0.6 is 23.2 Å². The van der Waals surface area contributed by atoms with E-state index in [0.29, 0.717) is 4.76 Å². The van der Waals surface area contributed by atoms with Gasteiger partial charge in [0.25, 0.3) is 5.69 Å². The van der Waals surface area contributed by atoms with E-state index in [1.807, 2.05) is 0 Å². The molecule has 0 radical (unpaired) electrons. The molecular weight excluding hydrogens is 418 g/mol. The van der Waals surface area contributed by atoms with Gasteiger partial charge in [0.2, 0.25) is 0 Å². The number of hydrogen-bond donors (Lipinski definition) is 2. The summed E-state index contributed by atoms with van der Waals surface area (Å²) >= 11 is 11.5. The topological polar surface area (TPSA) is 78.7 Å². The molecule has 0 aliphatic rings. The summed E-state index contributed by atoms with van der Waals surface area (Å²) in [7, 11) is 1.24. The van der Waals surface area contributed by atoms with Crippen molar-refractivity contribution < 1.29 is 23.0 Å². The van der Waals surface area contributed by atoms with E-state index in [1.54, 1.807) is 0 Å². The van der Waals surface area contributed by atoms with Gasteiger partial charge in [0.15, 0.2) is 7.05 Å². The van der Waals surface area contributed by atoms with Gasteiger partial charge >= 0.3 is 6.18 Å². The number of benzene rings is 2. The maximum atomic E-state index is 12.9. The SMILES string of the molecule is C[N+](=O)c1ccc(Cl)cc1C(O)C(C=Nc1ccc(Cl)c(C(F)(F)F)c1)=CN. The van der Waals surface area contributed by atoms with Crippen molar-refractivity contribution in [1.29, 1.82) is 0 Å². The maximum absolute atomic E-state index is 12.9. The van der Waals surface area contributed by atoms with Gasteiger partial charge in [-0.05, 0) is 30.3 Å². The highest BCUT2D eigenvalue weighted by atomic mass is 35.5. The van der Waals surface area contributed by atoms with Crippen LogP contribution < -0.4 is 5.73 Å². The van der Waals surface area contributed by atoms with Crippen LogP contribution in [0.4, 0.5) is 24.5 Å². The molecule has 2 rings (SSSR count). The number of rotatable bonds is 5. The second kappa shape index (κ2) is 8.72. The van der Waals surface area contributed by atoms with Gasteiger partial charge in [0.1, 0.15) is 6.10 Å². The quantitative estimate of drug-likeness (QED) is 0.494. The fourth-order valence-electron chi connectivity index (χ4n) is 2.38. The molecule has 2 aromatic carbocycles. The van der Waals surface area contributed by atoms with E-state index in [2.05, 4.69) is 4.99 Å². The Bertz CT molecular complexity index is 960. The predicted molar refractivity (Wildman–Crippen MR) is 102 cm³/mol. The van der Waals surface area contributed by atoms with Crippen LogP contribution in [0, 0.1) is 4.91 Å². The Hall–Kier alpha value is -2.42. The number of nitrogens with zero attached hydrogens (tertiary/aromatic N) is 2. The lowest BCUT2D eigenvalue weighted by atomic mass is 10.0. The van der Waals surface area contributed by atoms with Gasteiger partial charge in [-0.1, -0.05) is 23.2 Å². The van der Waals surface area contributed by atoms with Crippen LogP contribution in [0.25, 0.3) is 0 Å². The van der Waals surface area contributed by atoms with E-state index >= 15 is 0 Å². The van der Waals surface area contributed by atoms with Crippen molar-refractivity contribution in [3.05, 3.63) is 74.3 Å². The molecule has 0 aliphatic carbocycles. The third-order valence-electron chi connectivity index (χ3n) is 3.75. The highest BCUT2D eigenvalue weighted by Crippen LogP contribution is 2.37. The minimum atomic E-state index is -4.64. The molecule has 0 saturated heterocycles. The summed E-state index contributed by atoms with van der Waals surface area (Å²) in [5.41, 5.74) is 4.81. The van der Waals surface area contributed by atoms with Crippen LogP contribution in [0.3, 0.4) is 0 Å². The minimum absolute atomic E-state index is 0.0458. The first-order valence-electron chi connectivity index (χ1n) is 7.75. The number of hydrogen-bond acceptors (Lipinski definition) is 4. The van der Waals surface area contributed by atoms with Crippen molar-refractivity contribution >= 4 is 40.8 Å². The molecule has 0 aromatic heterocycles. The van der Waals surface area contributed by atoms with Crippen molar-refractivity contribution in [2.75, 3.05) is 7.05 Å². The normalized spacial score (nSPS) is 13.8. The number of aliphatic hydroxyl groups excluding tert-OH is 1. The predicted octanol–water partition coefficient (Wildman–Crippen LogP) is 5.33. The molecule has 0 heterocycles. The number of nitrogens with two attached hydrogens (primary N) is 1. The second-order valence-corrected chi connectivity index (χ2v) is 6.53. The molecule has 28 heavy (non-hydrogen) atoms. The number of aliphatic hydroxyl groups is 1. The number of nitroso groups, excluding NO2 is 1. The van der Waals surface area contributed by atoms with Crippen LogP contribution in [0.5, 0.6) is 0 Å². The first-order chi connectivity index (χ1) is 13.0. The molecule has 2 aromatic rings. The van der Waals surface area contributed by atoms with E-state index in [1.165, 1.54) is 31.3 Å². The van der Waals surface area contributed by atoms with Crippen molar-refractivity contribution in [3.63, 3.8) is 0 Å². The summed E-state index contributed by atoms with van der Waals surface area (Å²) in [5.74, 6) is 0. The lowest BCUT2D eigenvalue weighted by molar-refractivity contribution is -0.429. The van der Waals surface area contributed by atoms with Crippen molar-refractivity contribution in [2.24, 2.45) is 10.7 Å². The van der Waals surface area contributed by atoms with Crippen LogP contribution in [-0.2, 0) is 6.18 Å². The lowest BCUT2D eigenvalue weighted by Crippen LogP contribution is -2.08. The Balaban J connectivity index is 2.38. The zero-order chi connectivity index (χ0) is 21.1. The maximum Gasteiger partial charge on any atom is 0.417 e. The Morgan fingerprint density at radius 1 is 1.25 bits per heavy atom. The molecule has 3 N–H and O–H groups in total. The largest absolute Gasteiger partial charge is 0.417 e. The van der Waals surface area contributed by atoms with Crippen LogP contribution in [0.15, 0.2) is 53.2 Å². The molecule has 1 unspecified atom stereocenters. The van der Waals surface area contributed by atoms with E-state index in [9.17, 15) is 23.2 Å².